The summed E-state index contributed by atoms with van der Waals surface area (Å²) in [7, 11) is 0. The number of pyridine rings is 2. The fourth-order valence-corrected chi connectivity index (χ4v) is 4.14. The molecular formula is C26H29N5O4S. The minimum Gasteiger partial charge on any atom is -0.478 e. The highest BCUT2D eigenvalue weighted by molar-refractivity contribution is 7.06. The second kappa shape index (κ2) is 12.2. The highest BCUT2D eigenvalue weighted by Crippen LogP contribution is 2.23. The Kier molecular flexibility index (Phi) is 9.08. The van der Waals surface area contributed by atoms with E-state index in [2.05, 4.69) is 19.7 Å². The second-order valence-corrected chi connectivity index (χ2v) is 9.98. The first kappa shape index (κ1) is 26.8. The van der Waals surface area contributed by atoms with Crippen LogP contribution in [-0.2, 0) is 16.0 Å². The van der Waals surface area contributed by atoms with Crippen molar-refractivity contribution >= 4 is 29.1 Å². The quantitative estimate of drug-likeness (QED) is 0.305. The highest BCUT2D eigenvalue weighted by Gasteiger charge is 2.19. The maximum Gasteiger partial charge on any atom is 0.306 e. The van der Waals surface area contributed by atoms with E-state index in [0.717, 1.165) is 10.6 Å². The Morgan fingerprint density at radius 2 is 1.92 bits per heavy atom. The summed E-state index contributed by atoms with van der Waals surface area (Å²) in [5.41, 5.74) is 2.44. The van der Waals surface area contributed by atoms with E-state index in [1.165, 1.54) is 23.9 Å². The summed E-state index contributed by atoms with van der Waals surface area (Å²) in [6, 6.07) is 8.92. The van der Waals surface area contributed by atoms with Crippen molar-refractivity contribution < 1.29 is 19.1 Å². The van der Waals surface area contributed by atoms with E-state index >= 15 is 0 Å². The Labute approximate surface area is 214 Å². The van der Waals surface area contributed by atoms with E-state index in [0.29, 0.717) is 60.7 Å². The number of nitriles is 1. The topological polar surface area (TPSA) is 127 Å². The molecule has 0 aromatic carbocycles. The van der Waals surface area contributed by atoms with Crippen molar-refractivity contribution in [2.75, 3.05) is 11.9 Å². The van der Waals surface area contributed by atoms with E-state index in [4.69, 9.17) is 14.7 Å². The minimum absolute atomic E-state index is 0.215. The molecule has 0 aliphatic heterocycles. The number of carbonyl (C=O) groups excluding carboxylic acids is 2. The van der Waals surface area contributed by atoms with Crippen molar-refractivity contribution in [3.63, 3.8) is 0 Å². The number of rotatable bonds is 10. The summed E-state index contributed by atoms with van der Waals surface area (Å²) < 4.78 is 15.3. The van der Waals surface area contributed by atoms with E-state index in [-0.39, 0.29) is 11.9 Å². The van der Waals surface area contributed by atoms with E-state index in [1.54, 1.807) is 31.2 Å². The summed E-state index contributed by atoms with van der Waals surface area (Å²) in [6.07, 6.45) is 5.19. The van der Waals surface area contributed by atoms with Crippen LogP contribution in [-0.4, -0.2) is 38.4 Å². The molecule has 0 aliphatic rings. The third-order valence-electron chi connectivity index (χ3n) is 4.90. The largest absolute Gasteiger partial charge is 0.478 e. The lowest BCUT2D eigenvalue weighted by Crippen LogP contribution is -2.23. The number of nitrogens with zero attached hydrogens (tertiary/aromatic N) is 4. The molecule has 1 N–H and O–H groups in total. The maximum atomic E-state index is 13.0. The van der Waals surface area contributed by atoms with Gasteiger partial charge in [0, 0.05) is 35.7 Å². The average Bonchev–Trinajstić information content (AvgIpc) is 3.19. The third-order valence-corrected chi connectivity index (χ3v) is 5.83. The van der Waals surface area contributed by atoms with Gasteiger partial charge >= 0.3 is 5.97 Å². The van der Waals surface area contributed by atoms with Gasteiger partial charge in [-0.1, -0.05) is 0 Å². The minimum atomic E-state index is -0.475. The van der Waals surface area contributed by atoms with Gasteiger partial charge in [0.05, 0.1) is 35.3 Å². The van der Waals surface area contributed by atoms with Crippen molar-refractivity contribution in [2.24, 2.45) is 0 Å². The standard InChI is InChI=1S/C26H29N5O4S/c1-17-24(21(36-31-17)13-19-9-8-18(14-27)15-28-19)25(33)30-20-10-11-22(29-16-20)34-12-6-5-7-23(32)35-26(2,3)4/h8-11,15-16H,5-7,12-13H2,1-4H3,(H,30,33). The van der Waals surface area contributed by atoms with E-state index in [9.17, 15) is 9.59 Å². The molecule has 10 heteroatoms. The van der Waals surface area contributed by atoms with Crippen LogP contribution < -0.4 is 10.1 Å². The van der Waals surface area contributed by atoms with Crippen LogP contribution in [0, 0.1) is 18.3 Å². The van der Waals surface area contributed by atoms with Gasteiger partial charge in [0.1, 0.15) is 11.7 Å². The molecule has 36 heavy (non-hydrogen) atoms. The monoisotopic (exact) mass is 507 g/mol. The van der Waals surface area contributed by atoms with Gasteiger partial charge in [0.2, 0.25) is 5.88 Å². The Balaban J connectivity index is 1.49. The van der Waals surface area contributed by atoms with Crippen LogP contribution in [0.4, 0.5) is 5.69 Å². The van der Waals surface area contributed by atoms with Crippen LogP contribution >= 0.6 is 11.5 Å². The first-order valence-corrected chi connectivity index (χ1v) is 12.3. The van der Waals surface area contributed by atoms with Crippen LogP contribution in [0.5, 0.6) is 5.88 Å². The normalized spacial score (nSPS) is 11.0. The van der Waals surface area contributed by atoms with Crippen LogP contribution in [0.1, 0.15) is 72.2 Å². The maximum absolute atomic E-state index is 13.0. The summed E-state index contributed by atoms with van der Waals surface area (Å²) in [5.74, 6) is -0.0539. The molecule has 0 saturated heterocycles. The van der Waals surface area contributed by atoms with Gasteiger partial charge in [0.15, 0.2) is 0 Å². The number of carbonyl (C=O) groups is 2. The Hall–Kier alpha value is -3.84. The van der Waals surface area contributed by atoms with Gasteiger partial charge in [-0.3, -0.25) is 14.6 Å². The molecule has 0 spiro atoms. The lowest BCUT2D eigenvalue weighted by molar-refractivity contribution is -0.154. The predicted molar refractivity (Wildman–Crippen MR) is 136 cm³/mol. The van der Waals surface area contributed by atoms with Crippen molar-refractivity contribution in [1.82, 2.24) is 14.3 Å². The van der Waals surface area contributed by atoms with Gasteiger partial charge in [-0.15, -0.1) is 0 Å². The average molecular weight is 508 g/mol. The molecule has 0 bridgehead atoms. The molecule has 0 aliphatic carbocycles. The zero-order valence-corrected chi connectivity index (χ0v) is 21.6. The molecule has 1 amide bonds. The van der Waals surface area contributed by atoms with Crippen LogP contribution in [0.2, 0.25) is 0 Å². The van der Waals surface area contributed by atoms with Crippen molar-refractivity contribution in [1.29, 1.82) is 5.26 Å². The SMILES string of the molecule is Cc1nsc(Cc2ccc(C#N)cn2)c1C(=O)Nc1ccc(OCCCCC(=O)OC(C)(C)C)nc1. The lowest BCUT2D eigenvalue weighted by Gasteiger charge is -2.19. The molecule has 3 aromatic heterocycles. The molecular weight excluding hydrogens is 478 g/mol. The van der Waals surface area contributed by atoms with Gasteiger partial charge in [0.25, 0.3) is 5.91 Å². The van der Waals surface area contributed by atoms with Gasteiger partial charge in [-0.25, -0.2) is 4.98 Å². The van der Waals surface area contributed by atoms with E-state index < -0.39 is 5.60 Å². The lowest BCUT2D eigenvalue weighted by atomic mass is 10.1. The van der Waals surface area contributed by atoms with Gasteiger partial charge in [-0.2, -0.15) is 9.64 Å². The molecule has 0 saturated carbocycles. The molecule has 0 radical (unpaired) electrons. The van der Waals surface area contributed by atoms with Gasteiger partial charge in [-0.05, 0) is 70.3 Å². The van der Waals surface area contributed by atoms with Gasteiger partial charge < -0.3 is 14.8 Å². The molecule has 0 atom stereocenters. The van der Waals surface area contributed by atoms with Crippen LogP contribution in [0.3, 0.4) is 0 Å². The number of hydrogen-bond acceptors (Lipinski definition) is 9. The predicted octanol–water partition coefficient (Wildman–Crippen LogP) is 4.85. The second-order valence-electron chi connectivity index (χ2n) is 9.12. The fraction of sp³-hybridized carbons (Fsp3) is 0.385. The Bertz CT molecular complexity index is 1230. The first-order valence-electron chi connectivity index (χ1n) is 11.6. The van der Waals surface area contributed by atoms with Crippen LogP contribution in [0.25, 0.3) is 0 Å². The summed E-state index contributed by atoms with van der Waals surface area (Å²) in [6.45, 7) is 7.75. The Morgan fingerprint density at radius 3 is 2.56 bits per heavy atom. The Morgan fingerprint density at radius 1 is 1.11 bits per heavy atom. The number of amides is 1. The smallest absolute Gasteiger partial charge is 0.306 e. The van der Waals surface area contributed by atoms with Crippen molar-refractivity contribution in [3.8, 4) is 11.9 Å². The number of aryl methyl sites for hydroxylation is 1. The summed E-state index contributed by atoms with van der Waals surface area (Å²) in [4.78, 5) is 34.0. The zero-order chi connectivity index (χ0) is 26.1. The fourth-order valence-electron chi connectivity index (χ4n) is 3.26. The molecule has 3 rings (SSSR count). The highest BCUT2D eigenvalue weighted by atomic mass is 32.1. The molecule has 0 unspecified atom stereocenters. The summed E-state index contributed by atoms with van der Waals surface area (Å²) in [5, 5.41) is 11.8. The number of unbranched alkanes of at least 4 members (excludes halogenated alkanes) is 1. The number of esters is 1. The molecule has 3 aromatic rings. The number of ether oxygens (including phenoxy) is 2. The molecule has 3 heterocycles. The molecule has 188 valence electrons. The molecule has 0 fully saturated rings. The number of aromatic nitrogens is 3. The summed E-state index contributed by atoms with van der Waals surface area (Å²) >= 11 is 1.26. The van der Waals surface area contributed by atoms with E-state index in [1.807, 2.05) is 26.8 Å². The number of hydrogen-bond donors (Lipinski definition) is 1. The first-order chi connectivity index (χ1) is 17.1. The van der Waals surface area contributed by atoms with Crippen molar-refractivity contribution in [2.45, 2.75) is 59.0 Å². The number of nitrogens with one attached hydrogen (secondary N) is 1. The number of anilines is 1. The van der Waals surface area contributed by atoms with Crippen molar-refractivity contribution in [3.05, 3.63) is 64.1 Å². The zero-order valence-electron chi connectivity index (χ0n) is 20.8. The molecule has 9 nitrogen and oxygen atoms in total. The van der Waals surface area contributed by atoms with Crippen LogP contribution in [0.15, 0.2) is 36.7 Å². The third kappa shape index (κ3) is 8.13.